The van der Waals surface area contributed by atoms with Crippen molar-refractivity contribution in [2.75, 3.05) is 47.5 Å². The lowest BCUT2D eigenvalue weighted by atomic mass is 10.0. The number of allylic oxidation sites excluding steroid dienone is 8. The second-order valence-electron chi connectivity index (χ2n) is 23.9. The monoisotopic (exact) mass is 1120 g/mol. The van der Waals surface area contributed by atoms with E-state index in [9.17, 15) is 19.0 Å². The third kappa shape index (κ3) is 63.2. The van der Waals surface area contributed by atoms with E-state index in [0.29, 0.717) is 17.4 Å². The first kappa shape index (κ1) is 76.0. The van der Waals surface area contributed by atoms with E-state index in [2.05, 4.69) is 62.5 Å². The summed E-state index contributed by atoms with van der Waals surface area (Å²) in [4.78, 5) is 35.7. The first-order valence-corrected chi connectivity index (χ1v) is 34.9. The fraction of sp³-hybridized carbons (Fsp3) is 0.853. The van der Waals surface area contributed by atoms with Crippen molar-refractivity contribution in [3.8, 4) is 0 Å². The van der Waals surface area contributed by atoms with Gasteiger partial charge in [-0.2, -0.15) is 0 Å². The van der Waals surface area contributed by atoms with Crippen LogP contribution in [-0.2, 0) is 32.7 Å². The third-order valence-electron chi connectivity index (χ3n) is 14.8. The van der Waals surface area contributed by atoms with Gasteiger partial charge in [-0.05, 0) is 77.0 Å². The number of quaternary nitrogens is 1. The Kier molecular flexibility index (Phi) is 58.0. The molecule has 0 aliphatic carbocycles. The van der Waals surface area contributed by atoms with Crippen LogP contribution < -0.4 is 0 Å². The van der Waals surface area contributed by atoms with Gasteiger partial charge in [0, 0.05) is 12.8 Å². The molecular weight excluding hydrogens is 990 g/mol. The van der Waals surface area contributed by atoms with Crippen molar-refractivity contribution in [3.63, 3.8) is 0 Å². The van der Waals surface area contributed by atoms with Crippen LogP contribution in [0, 0.1) is 0 Å². The van der Waals surface area contributed by atoms with Crippen LogP contribution in [0.3, 0.4) is 0 Å². The minimum atomic E-state index is -4.39. The maximum atomic E-state index is 12.8. The molecule has 0 saturated heterocycles. The topological polar surface area (TPSA) is 108 Å². The highest BCUT2D eigenvalue weighted by Crippen LogP contribution is 2.43. The van der Waals surface area contributed by atoms with Crippen LogP contribution in [0.5, 0.6) is 0 Å². The third-order valence-corrected chi connectivity index (χ3v) is 15.8. The van der Waals surface area contributed by atoms with Gasteiger partial charge in [-0.15, -0.1) is 0 Å². The molecular formula is C68H129NO8P+. The Morgan fingerprint density at radius 1 is 0.397 bits per heavy atom. The largest absolute Gasteiger partial charge is 0.472 e. The standard InChI is InChI=1S/C68H128NO8P/c1-6-8-10-12-14-16-18-20-22-23-24-25-26-27-28-29-30-31-32-33-34-35-36-37-38-39-40-41-42-43-44-45-47-49-51-53-55-57-59-61-68(71)77-66(65-76-78(72,73)75-63-62-69(3,4)5)64-74-67(70)60-58-56-54-52-50-48-46-21-19-17-15-13-11-9-7-2/h15,17-18,20-21,23-24,46,66H,6-14,16,19,22,25-45,47-65H2,1-5H3/p+1/b17-15-,20-18-,24-23-,46-21-. The lowest BCUT2D eigenvalue weighted by Crippen LogP contribution is -2.37. The van der Waals surface area contributed by atoms with Crippen LogP contribution in [0.2, 0.25) is 0 Å². The average molecular weight is 1120 g/mol. The number of rotatable bonds is 62. The van der Waals surface area contributed by atoms with Gasteiger partial charge < -0.3 is 18.9 Å². The molecule has 0 aliphatic rings. The number of esters is 2. The summed E-state index contributed by atoms with van der Waals surface area (Å²) in [6, 6.07) is 0. The molecule has 0 bridgehead atoms. The Bertz CT molecular complexity index is 1460. The average Bonchev–Trinajstić information content (AvgIpc) is 3.41. The summed E-state index contributed by atoms with van der Waals surface area (Å²) in [5.41, 5.74) is 0. The van der Waals surface area contributed by atoms with Gasteiger partial charge in [0.2, 0.25) is 0 Å². The molecule has 0 spiro atoms. The number of likely N-dealkylation sites (N-methyl/N-ethyl adjacent to an activating group) is 1. The predicted octanol–water partition coefficient (Wildman–Crippen LogP) is 21.3. The molecule has 0 heterocycles. The summed E-state index contributed by atoms with van der Waals surface area (Å²) in [6.45, 7) is 4.42. The SMILES string of the molecule is CCCCC/C=C\C/C=C\CCCCCCCC(=O)OCC(COP(=O)(O)OCC[N+](C)(C)C)OC(=O)CCCCCCCCCCCCCCCCCCCCCCCCCCCCC/C=C\C/C=C\CCCCCCC. The molecule has 2 atom stereocenters. The van der Waals surface area contributed by atoms with Crippen molar-refractivity contribution < 1.29 is 42.1 Å². The van der Waals surface area contributed by atoms with Crippen LogP contribution >= 0.6 is 7.82 Å². The van der Waals surface area contributed by atoms with Crippen LogP contribution in [-0.4, -0.2) is 74.9 Å². The van der Waals surface area contributed by atoms with E-state index in [0.717, 1.165) is 64.2 Å². The maximum absolute atomic E-state index is 12.8. The van der Waals surface area contributed by atoms with Crippen molar-refractivity contribution in [3.05, 3.63) is 48.6 Å². The van der Waals surface area contributed by atoms with E-state index in [1.54, 1.807) is 0 Å². The molecule has 0 saturated carbocycles. The highest BCUT2D eigenvalue weighted by Gasteiger charge is 2.27. The molecule has 78 heavy (non-hydrogen) atoms. The zero-order valence-electron chi connectivity index (χ0n) is 52.2. The number of unbranched alkanes of at least 4 members (excludes halogenated alkanes) is 40. The van der Waals surface area contributed by atoms with Crippen LogP contribution in [0.15, 0.2) is 48.6 Å². The summed E-state index contributed by atoms with van der Waals surface area (Å²) in [5.74, 6) is -0.801. The molecule has 0 aliphatic heterocycles. The highest BCUT2D eigenvalue weighted by molar-refractivity contribution is 7.47. The van der Waals surface area contributed by atoms with Crippen molar-refractivity contribution in [2.45, 2.75) is 328 Å². The molecule has 0 aromatic heterocycles. The zero-order chi connectivity index (χ0) is 57.0. The Hall–Kier alpha value is -2.03. The van der Waals surface area contributed by atoms with Gasteiger partial charge in [-0.1, -0.05) is 281 Å². The van der Waals surface area contributed by atoms with Gasteiger partial charge in [0.1, 0.15) is 19.8 Å². The van der Waals surface area contributed by atoms with Gasteiger partial charge in [-0.25, -0.2) is 4.57 Å². The number of ether oxygens (including phenoxy) is 2. The molecule has 0 rings (SSSR count). The Labute approximate surface area is 484 Å². The number of phosphoric acid groups is 1. The van der Waals surface area contributed by atoms with E-state index in [1.807, 2.05) is 21.1 Å². The summed E-state index contributed by atoms with van der Waals surface area (Å²) >= 11 is 0. The normalized spacial score (nSPS) is 13.5. The molecule has 458 valence electrons. The highest BCUT2D eigenvalue weighted by atomic mass is 31.2. The van der Waals surface area contributed by atoms with Crippen molar-refractivity contribution in [1.29, 1.82) is 0 Å². The van der Waals surface area contributed by atoms with Gasteiger partial charge >= 0.3 is 19.8 Å². The van der Waals surface area contributed by atoms with Crippen LogP contribution in [0.1, 0.15) is 322 Å². The molecule has 0 radical (unpaired) electrons. The second-order valence-corrected chi connectivity index (χ2v) is 25.3. The minimum absolute atomic E-state index is 0.0305. The van der Waals surface area contributed by atoms with E-state index in [-0.39, 0.29) is 32.0 Å². The van der Waals surface area contributed by atoms with Crippen molar-refractivity contribution >= 4 is 19.8 Å². The summed E-state index contributed by atoms with van der Waals surface area (Å²) in [6.07, 6.45) is 76.6. The summed E-state index contributed by atoms with van der Waals surface area (Å²) in [7, 11) is 1.48. The lowest BCUT2D eigenvalue weighted by molar-refractivity contribution is -0.870. The van der Waals surface area contributed by atoms with E-state index >= 15 is 0 Å². The van der Waals surface area contributed by atoms with Crippen molar-refractivity contribution in [2.24, 2.45) is 0 Å². The van der Waals surface area contributed by atoms with E-state index < -0.39 is 26.5 Å². The number of carbonyl (C=O) groups excluding carboxylic acids is 2. The molecule has 0 aromatic rings. The molecule has 1 N–H and O–H groups in total. The van der Waals surface area contributed by atoms with Gasteiger partial charge in [0.25, 0.3) is 0 Å². The fourth-order valence-corrected chi connectivity index (χ4v) is 10.4. The number of hydrogen-bond donors (Lipinski definition) is 1. The lowest BCUT2D eigenvalue weighted by Gasteiger charge is -2.24. The van der Waals surface area contributed by atoms with Gasteiger partial charge in [0.15, 0.2) is 6.10 Å². The quantitative estimate of drug-likeness (QED) is 0.0211. The Morgan fingerprint density at radius 3 is 1.04 bits per heavy atom. The summed E-state index contributed by atoms with van der Waals surface area (Å²) in [5, 5.41) is 0. The van der Waals surface area contributed by atoms with Crippen LogP contribution in [0.4, 0.5) is 0 Å². The minimum Gasteiger partial charge on any atom is -0.462 e. The molecule has 9 nitrogen and oxygen atoms in total. The maximum Gasteiger partial charge on any atom is 0.472 e. The van der Waals surface area contributed by atoms with E-state index in [4.69, 9.17) is 18.5 Å². The zero-order valence-corrected chi connectivity index (χ0v) is 53.1. The van der Waals surface area contributed by atoms with E-state index in [1.165, 1.54) is 225 Å². The summed E-state index contributed by atoms with van der Waals surface area (Å²) < 4.78 is 34.6. The van der Waals surface area contributed by atoms with Gasteiger partial charge in [-0.3, -0.25) is 18.6 Å². The molecule has 2 unspecified atom stereocenters. The smallest absolute Gasteiger partial charge is 0.462 e. The molecule has 0 aromatic carbocycles. The number of phosphoric ester groups is 1. The Balaban J connectivity index is 3.89. The van der Waals surface area contributed by atoms with Crippen molar-refractivity contribution in [1.82, 2.24) is 0 Å². The van der Waals surface area contributed by atoms with Gasteiger partial charge in [0.05, 0.1) is 27.7 Å². The number of nitrogens with zero attached hydrogens (tertiary/aromatic N) is 1. The number of carbonyl (C=O) groups is 2. The molecule has 0 amide bonds. The number of hydrogen-bond acceptors (Lipinski definition) is 7. The molecule has 10 heteroatoms. The Morgan fingerprint density at radius 2 is 0.692 bits per heavy atom. The van der Waals surface area contributed by atoms with Crippen LogP contribution in [0.25, 0.3) is 0 Å². The fourth-order valence-electron chi connectivity index (χ4n) is 9.67. The predicted molar refractivity (Wildman–Crippen MR) is 335 cm³/mol. The first-order chi connectivity index (χ1) is 38.0. The molecule has 0 fully saturated rings. The second kappa shape index (κ2) is 59.6. The first-order valence-electron chi connectivity index (χ1n) is 33.4.